The van der Waals surface area contributed by atoms with Crippen LogP contribution in [0, 0.1) is 10.1 Å². The summed E-state index contributed by atoms with van der Waals surface area (Å²) in [6.45, 7) is 0. The Morgan fingerprint density at radius 3 is 2.71 bits per heavy atom. The highest BCUT2D eigenvalue weighted by Crippen LogP contribution is 2.33. The fourth-order valence-electron chi connectivity index (χ4n) is 2.54. The number of nitrogens with zero attached hydrogens (tertiary/aromatic N) is 3. The number of carbonyl (C=O) groups excluding carboxylic acids is 1. The third kappa shape index (κ3) is 3.38. The van der Waals surface area contributed by atoms with Gasteiger partial charge in [-0.25, -0.2) is 9.98 Å². The standard InChI is InChI=1S/C16H13N3O4S/c20-13-6-11(10-4-2-1-3-5-10)7-14(21)12(13)8-17-16-18-9-15(24-16)19(22)23/h1-5,8-9,11,20H,6-7H2. The molecule has 122 valence electrons. The minimum absolute atomic E-state index is 0.0186. The number of aliphatic hydroxyl groups is 1. The maximum absolute atomic E-state index is 12.3. The van der Waals surface area contributed by atoms with Crippen LogP contribution in [0.25, 0.3) is 0 Å². The van der Waals surface area contributed by atoms with Crippen molar-refractivity contribution in [1.29, 1.82) is 0 Å². The van der Waals surface area contributed by atoms with Crippen molar-refractivity contribution in [1.82, 2.24) is 4.98 Å². The average Bonchev–Trinajstić information content (AvgIpc) is 3.04. The highest BCUT2D eigenvalue weighted by molar-refractivity contribution is 7.18. The van der Waals surface area contributed by atoms with Crippen molar-refractivity contribution in [3.05, 3.63) is 63.5 Å². The van der Waals surface area contributed by atoms with E-state index >= 15 is 0 Å². The molecular formula is C16H13N3O4S. The normalized spacial score (nSPS) is 18.3. The first-order chi connectivity index (χ1) is 11.5. The quantitative estimate of drug-likeness (QED) is 0.517. The summed E-state index contributed by atoms with van der Waals surface area (Å²) in [6.07, 6.45) is 2.99. The smallest absolute Gasteiger partial charge is 0.345 e. The van der Waals surface area contributed by atoms with Gasteiger partial charge in [0.05, 0.1) is 10.5 Å². The Morgan fingerprint density at radius 2 is 2.08 bits per heavy atom. The van der Waals surface area contributed by atoms with Gasteiger partial charge in [-0.1, -0.05) is 30.3 Å². The van der Waals surface area contributed by atoms with Crippen LogP contribution in [-0.2, 0) is 4.79 Å². The highest BCUT2D eigenvalue weighted by Gasteiger charge is 2.27. The van der Waals surface area contributed by atoms with Gasteiger partial charge in [-0.3, -0.25) is 14.9 Å². The molecule has 0 aliphatic heterocycles. The molecule has 1 heterocycles. The van der Waals surface area contributed by atoms with Crippen molar-refractivity contribution in [2.45, 2.75) is 18.8 Å². The number of hydrogen-bond donors (Lipinski definition) is 1. The van der Waals surface area contributed by atoms with Crippen LogP contribution in [0.2, 0.25) is 0 Å². The number of ketones is 1. The Bertz CT molecular complexity index is 842. The predicted molar refractivity (Wildman–Crippen MR) is 90.0 cm³/mol. The number of benzene rings is 1. The van der Waals surface area contributed by atoms with Crippen LogP contribution in [-0.4, -0.2) is 27.0 Å². The molecule has 0 spiro atoms. The first-order valence-corrected chi connectivity index (χ1v) is 8.01. The Morgan fingerprint density at radius 1 is 1.33 bits per heavy atom. The maximum Gasteiger partial charge on any atom is 0.345 e. The largest absolute Gasteiger partial charge is 0.511 e. The number of thiazole rings is 1. The first-order valence-electron chi connectivity index (χ1n) is 7.19. The number of aliphatic imine (C=N–C) groups is 1. The van der Waals surface area contributed by atoms with Gasteiger partial charge in [0.2, 0.25) is 5.13 Å². The molecule has 0 radical (unpaired) electrons. The highest BCUT2D eigenvalue weighted by atomic mass is 32.1. The minimum atomic E-state index is -0.552. The van der Waals surface area contributed by atoms with E-state index in [1.54, 1.807) is 0 Å². The Kier molecular flexibility index (Phi) is 4.48. The molecule has 1 N–H and O–H groups in total. The summed E-state index contributed by atoms with van der Waals surface area (Å²) in [5.41, 5.74) is 1.14. The zero-order valence-electron chi connectivity index (χ0n) is 12.5. The summed E-state index contributed by atoms with van der Waals surface area (Å²) in [4.78, 5) is 30.1. The Labute approximate surface area is 141 Å². The Balaban J connectivity index is 1.79. The van der Waals surface area contributed by atoms with Crippen LogP contribution in [0.4, 0.5) is 10.1 Å². The van der Waals surface area contributed by atoms with E-state index in [1.165, 1.54) is 6.21 Å². The number of Topliss-reactive ketones (excluding diaryl/α,β-unsaturated/α-hetero) is 1. The van der Waals surface area contributed by atoms with E-state index in [1.807, 2.05) is 30.3 Å². The summed E-state index contributed by atoms with van der Waals surface area (Å²) in [5.74, 6) is -0.283. The van der Waals surface area contributed by atoms with Gasteiger partial charge >= 0.3 is 5.00 Å². The van der Waals surface area contributed by atoms with Gasteiger partial charge in [0.25, 0.3) is 0 Å². The molecule has 0 fully saturated rings. The molecule has 24 heavy (non-hydrogen) atoms. The molecule has 1 aliphatic rings. The summed E-state index contributed by atoms with van der Waals surface area (Å²) in [7, 11) is 0. The molecular weight excluding hydrogens is 330 g/mol. The lowest BCUT2D eigenvalue weighted by Gasteiger charge is -2.22. The number of aromatic nitrogens is 1. The van der Waals surface area contributed by atoms with Crippen LogP contribution < -0.4 is 0 Å². The summed E-state index contributed by atoms with van der Waals surface area (Å²) in [6, 6.07) is 9.55. The van der Waals surface area contributed by atoms with Gasteiger partial charge in [-0.05, 0) is 22.8 Å². The van der Waals surface area contributed by atoms with Crippen molar-refractivity contribution < 1.29 is 14.8 Å². The van der Waals surface area contributed by atoms with Crippen molar-refractivity contribution in [3.8, 4) is 0 Å². The summed E-state index contributed by atoms with van der Waals surface area (Å²) >= 11 is 0.806. The zero-order valence-corrected chi connectivity index (χ0v) is 13.3. The third-order valence-electron chi connectivity index (χ3n) is 3.72. The summed E-state index contributed by atoms with van der Waals surface area (Å²) < 4.78 is 0. The minimum Gasteiger partial charge on any atom is -0.511 e. The fraction of sp³-hybridized carbons (Fsp3) is 0.188. The lowest BCUT2D eigenvalue weighted by Crippen LogP contribution is -2.19. The molecule has 0 saturated carbocycles. The van der Waals surface area contributed by atoms with Crippen molar-refractivity contribution in [2.75, 3.05) is 0 Å². The molecule has 0 saturated heterocycles. The van der Waals surface area contributed by atoms with Crippen LogP contribution in [0.15, 0.2) is 52.9 Å². The van der Waals surface area contributed by atoms with Gasteiger partial charge in [-0.15, -0.1) is 0 Å². The molecule has 1 aliphatic carbocycles. The van der Waals surface area contributed by atoms with E-state index < -0.39 is 4.92 Å². The monoisotopic (exact) mass is 343 g/mol. The SMILES string of the molecule is O=C1CC(c2ccccc2)CC(O)=C1C=Nc1ncc([N+](=O)[O-])s1. The lowest BCUT2D eigenvalue weighted by atomic mass is 9.83. The lowest BCUT2D eigenvalue weighted by molar-refractivity contribution is -0.380. The van der Waals surface area contributed by atoms with Gasteiger partial charge in [0.15, 0.2) is 5.78 Å². The predicted octanol–water partition coefficient (Wildman–Crippen LogP) is 3.71. The maximum atomic E-state index is 12.3. The number of nitro groups is 1. The van der Waals surface area contributed by atoms with Crippen molar-refractivity contribution >= 4 is 33.5 Å². The average molecular weight is 343 g/mol. The van der Waals surface area contributed by atoms with E-state index in [2.05, 4.69) is 9.98 Å². The van der Waals surface area contributed by atoms with E-state index in [-0.39, 0.29) is 39.6 Å². The van der Waals surface area contributed by atoms with E-state index in [0.717, 1.165) is 23.1 Å². The van der Waals surface area contributed by atoms with E-state index in [4.69, 9.17) is 0 Å². The molecule has 0 bridgehead atoms. The van der Waals surface area contributed by atoms with Crippen molar-refractivity contribution in [2.24, 2.45) is 4.99 Å². The molecule has 7 nitrogen and oxygen atoms in total. The van der Waals surface area contributed by atoms with Gasteiger partial charge < -0.3 is 5.11 Å². The number of hydrogen-bond acceptors (Lipinski definition) is 7. The second-order valence-corrected chi connectivity index (χ2v) is 6.28. The molecule has 1 unspecified atom stereocenters. The zero-order chi connectivity index (χ0) is 17.1. The number of carbonyl (C=O) groups is 1. The molecule has 3 rings (SSSR count). The van der Waals surface area contributed by atoms with E-state index in [0.29, 0.717) is 6.42 Å². The van der Waals surface area contributed by atoms with Crippen molar-refractivity contribution in [3.63, 3.8) is 0 Å². The molecule has 0 amide bonds. The third-order valence-corrected chi connectivity index (χ3v) is 4.58. The van der Waals surface area contributed by atoms with Crippen LogP contribution in [0.5, 0.6) is 0 Å². The van der Waals surface area contributed by atoms with Gasteiger partial charge in [0.1, 0.15) is 12.0 Å². The topological polar surface area (TPSA) is 106 Å². The summed E-state index contributed by atoms with van der Waals surface area (Å²) in [5, 5.41) is 20.8. The number of aliphatic hydroxyl groups excluding tert-OH is 1. The molecule has 1 atom stereocenters. The second-order valence-electron chi connectivity index (χ2n) is 5.30. The van der Waals surface area contributed by atoms with Crippen LogP contribution >= 0.6 is 11.3 Å². The van der Waals surface area contributed by atoms with Gasteiger partial charge in [-0.2, -0.15) is 0 Å². The van der Waals surface area contributed by atoms with E-state index in [9.17, 15) is 20.0 Å². The molecule has 8 heteroatoms. The number of allylic oxidation sites excluding steroid dienone is 2. The fourth-order valence-corrected chi connectivity index (χ4v) is 3.12. The molecule has 2 aromatic rings. The second kappa shape index (κ2) is 6.71. The Hall–Kier alpha value is -2.87. The van der Waals surface area contributed by atoms with Crippen LogP contribution in [0.1, 0.15) is 24.3 Å². The first kappa shape index (κ1) is 16.0. The van der Waals surface area contributed by atoms with Gasteiger partial charge in [0, 0.05) is 19.1 Å². The molecule has 1 aromatic heterocycles. The van der Waals surface area contributed by atoms with Crippen LogP contribution in [0.3, 0.4) is 0 Å². The molecule has 1 aromatic carbocycles. The number of rotatable bonds is 4.